The highest BCUT2D eigenvalue weighted by atomic mass is 79.9. The van der Waals surface area contributed by atoms with Gasteiger partial charge in [0.15, 0.2) is 0 Å². The minimum absolute atomic E-state index is 0.0520. The molecule has 1 saturated heterocycles. The van der Waals surface area contributed by atoms with Gasteiger partial charge >= 0.3 is 0 Å². The molecule has 0 bridgehead atoms. The summed E-state index contributed by atoms with van der Waals surface area (Å²) in [5.41, 5.74) is 9.57. The number of likely N-dealkylation sites (tertiary alicyclic amines) is 1. The van der Waals surface area contributed by atoms with Crippen molar-refractivity contribution in [3.05, 3.63) is 88.4 Å². The maximum absolute atomic E-state index is 13.0. The zero-order chi connectivity index (χ0) is 22.5. The van der Waals surface area contributed by atoms with Crippen LogP contribution in [0.3, 0.4) is 0 Å². The molecule has 3 N–H and O–H groups in total. The first-order chi connectivity index (χ1) is 15.5. The van der Waals surface area contributed by atoms with Gasteiger partial charge in [0.2, 0.25) is 5.91 Å². The largest absolute Gasteiger partial charge is 0.338 e. The van der Waals surface area contributed by atoms with Crippen LogP contribution in [0.2, 0.25) is 0 Å². The Balaban J connectivity index is 1.41. The average Bonchev–Trinajstić information content (AvgIpc) is 3.29. The highest BCUT2D eigenvalue weighted by Crippen LogP contribution is 2.29. The lowest BCUT2D eigenvalue weighted by Crippen LogP contribution is -2.42. The van der Waals surface area contributed by atoms with Gasteiger partial charge in [-0.2, -0.15) is 0 Å². The average molecular weight is 494 g/mol. The van der Waals surface area contributed by atoms with Crippen molar-refractivity contribution in [3.8, 4) is 0 Å². The molecule has 2 aromatic heterocycles. The zero-order valence-electron chi connectivity index (χ0n) is 17.4. The second-order valence-corrected chi connectivity index (χ2v) is 8.74. The molecule has 8 heteroatoms. The fourth-order valence-electron chi connectivity index (χ4n) is 4.02. The summed E-state index contributed by atoms with van der Waals surface area (Å²) in [4.78, 5) is 35.4. The molecule has 2 unspecified atom stereocenters. The van der Waals surface area contributed by atoms with Crippen molar-refractivity contribution in [1.82, 2.24) is 14.9 Å². The normalized spacial score (nSPS) is 16.6. The Morgan fingerprint density at radius 3 is 2.59 bits per heavy atom. The molecule has 7 nitrogen and oxygen atoms in total. The van der Waals surface area contributed by atoms with Gasteiger partial charge in [0, 0.05) is 47.1 Å². The number of pyridine rings is 2. The van der Waals surface area contributed by atoms with Crippen LogP contribution >= 0.6 is 15.9 Å². The highest BCUT2D eigenvalue weighted by Gasteiger charge is 2.33. The Labute approximate surface area is 195 Å². The highest BCUT2D eigenvalue weighted by molar-refractivity contribution is 9.10. The Hall–Kier alpha value is -3.10. The summed E-state index contributed by atoms with van der Waals surface area (Å²) >= 11 is 3.40. The lowest BCUT2D eigenvalue weighted by atomic mass is 9.96. The van der Waals surface area contributed by atoms with Crippen LogP contribution in [0.25, 0.3) is 0 Å². The van der Waals surface area contributed by atoms with Crippen LogP contribution in [-0.2, 0) is 11.2 Å². The molecule has 4 rings (SSSR count). The van der Waals surface area contributed by atoms with Gasteiger partial charge in [-0.1, -0.05) is 12.1 Å². The Kier molecular flexibility index (Phi) is 6.92. The molecule has 3 heterocycles. The molecular formula is C24H24BrN5O2. The third-order valence-corrected chi connectivity index (χ3v) is 6.08. The van der Waals surface area contributed by atoms with Crippen molar-refractivity contribution >= 4 is 33.4 Å². The molecule has 0 saturated carbocycles. The van der Waals surface area contributed by atoms with Crippen molar-refractivity contribution < 1.29 is 9.59 Å². The van der Waals surface area contributed by atoms with Gasteiger partial charge in [0.25, 0.3) is 5.91 Å². The standard InChI is InChI=1S/C24H24BrN5O2/c25-19-12-16(14-28-15-19)13-22(31)30-11-1-2-21(30)23(26)17-3-5-18(6-4-17)24(32)29-20-7-9-27-10-8-20/h3-10,12,14-15,21,23H,1-2,11,13,26H2,(H,27,29,32). The van der Waals surface area contributed by atoms with Crippen molar-refractivity contribution in [2.24, 2.45) is 5.73 Å². The molecule has 2 amide bonds. The number of hydrogen-bond acceptors (Lipinski definition) is 5. The number of aromatic nitrogens is 2. The van der Waals surface area contributed by atoms with E-state index in [9.17, 15) is 9.59 Å². The third-order valence-electron chi connectivity index (χ3n) is 5.65. The molecule has 0 radical (unpaired) electrons. The fraction of sp³-hybridized carbons (Fsp3) is 0.250. The van der Waals surface area contributed by atoms with Gasteiger partial charge in [-0.25, -0.2) is 0 Å². The van der Waals surface area contributed by atoms with Gasteiger partial charge in [0.05, 0.1) is 18.5 Å². The van der Waals surface area contributed by atoms with Crippen molar-refractivity contribution in [2.75, 3.05) is 11.9 Å². The number of halogens is 1. The van der Waals surface area contributed by atoms with E-state index >= 15 is 0 Å². The van der Waals surface area contributed by atoms with Gasteiger partial charge in [-0.3, -0.25) is 19.6 Å². The molecule has 1 aliphatic rings. The second-order valence-electron chi connectivity index (χ2n) is 7.82. The summed E-state index contributed by atoms with van der Waals surface area (Å²) < 4.78 is 0.852. The molecule has 1 aromatic carbocycles. The molecule has 164 valence electrons. The first-order valence-electron chi connectivity index (χ1n) is 10.5. The summed E-state index contributed by atoms with van der Waals surface area (Å²) in [7, 11) is 0. The maximum atomic E-state index is 13.0. The molecule has 0 aliphatic carbocycles. The number of carbonyl (C=O) groups is 2. The quantitative estimate of drug-likeness (QED) is 0.544. The van der Waals surface area contributed by atoms with E-state index in [1.54, 1.807) is 49.1 Å². The minimum atomic E-state index is -0.320. The smallest absolute Gasteiger partial charge is 0.255 e. The Bertz CT molecular complexity index is 1090. The van der Waals surface area contributed by atoms with Crippen LogP contribution in [0.1, 0.15) is 40.4 Å². The summed E-state index contributed by atoms with van der Waals surface area (Å²) in [6.45, 7) is 0.699. The second kappa shape index (κ2) is 10.0. The van der Waals surface area contributed by atoms with Crippen LogP contribution in [0, 0.1) is 0 Å². The number of nitrogens with two attached hydrogens (primary N) is 1. The zero-order valence-corrected chi connectivity index (χ0v) is 19.0. The van der Waals surface area contributed by atoms with Gasteiger partial charge in [0.1, 0.15) is 0 Å². The van der Waals surface area contributed by atoms with E-state index < -0.39 is 0 Å². The summed E-state index contributed by atoms with van der Waals surface area (Å²) in [5, 5.41) is 2.84. The number of benzene rings is 1. The van der Waals surface area contributed by atoms with E-state index in [0.29, 0.717) is 24.2 Å². The fourth-order valence-corrected chi connectivity index (χ4v) is 4.43. The number of carbonyl (C=O) groups excluding carboxylic acids is 2. The van der Waals surface area contributed by atoms with E-state index in [0.717, 1.165) is 28.4 Å². The van der Waals surface area contributed by atoms with E-state index in [1.807, 2.05) is 23.1 Å². The number of nitrogens with one attached hydrogen (secondary N) is 1. The van der Waals surface area contributed by atoms with E-state index in [4.69, 9.17) is 5.73 Å². The molecule has 1 fully saturated rings. The summed E-state index contributed by atoms with van der Waals surface area (Å²) in [6, 6.07) is 12.2. The number of hydrogen-bond donors (Lipinski definition) is 2. The van der Waals surface area contributed by atoms with Gasteiger partial charge < -0.3 is 16.0 Å². The molecule has 0 spiro atoms. The van der Waals surface area contributed by atoms with Crippen LogP contribution < -0.4 is 11.1 Å². The third kappa shape index (κ3) is 5.20. The monoisotopic (exact) mass is 493 g/mol. The number of anilines is 1. The number of rotatable bonds is 6. The first kappa shape index (κ1) is 22.1. The summed E-state index contributed by atoms with van der Waals surface area (Å²) in [5.74, 6) is -0.146. The molecule has 32 heavy (non-hydrogen) atoms. The topological polar surface area (TPSA) is 101 Å². The van der Waals surface area contributed by atoms with E-state index in [2.05, 4.69) is 31.2 Å². The SMILES string of the molecule is NC(c1ccc(C(=O)Nc2ccncc2)cc1)C1CCCN1C(=O)Cc1cncc(Br)c1. The van der Waals surface area contributed by atoms with Gasteiger partial charge in [-0.15, -0.1) is 0 Å². The maximum Gasteiger partial charge on any atom is 0.255 e. The first-order valence-corrected chi connectivity index (χ1v) is 11.3. The van der Waals surface area contributed by atoms with Crippen LogP contribution in [-0.4, -0.2) is 39.3 Å². The van der Waals surface area contributed by atoms with E-state index in [-0.39, 0.29) is 23.9 Å². The summed E-state index contributed by atoms with van der Waals surface area (Å²) in [6.07, 6.45) is 8.73. The van der Waals surface area contributed by atoms with E-state index in [1.165, 1.54) is 0 Å². The molecule has 3 aromatic rings. The molecule has 1 aliphatic heterocycles. The minimum Gasteiger partial charge on any atom is -0.338 e. The predicted octanol–water partition coefficient (Wildman–Crippen LogP) is 3.72. The van der Waals surface area contributed by atoms with Crippen LogP contribution in [0.15, 0.2) is 71.7 Å². The van der Waals surface area contributed by atoms with Crippen LogP contribution in [0.4, 0.5) is 5.69 Å². The van der Waals surface area contributed by atoms with Crippen molar-refractivity contribution in [2.45, 2.75) is 31.3 Å². The molecule has 2 atom stereocenters. The predicted molar refractivity (Wildman–Crippen MR) is 126 cm³/mol. The van der Waals surface area contributed by atoms with Crippen molar-refractivity contribution in [3.63, 3.8) is 0 Å². The Morgan fingerprint density at radius 2 is 1.88 bits per heavy atom. The van der Waals surface area contributed by atoms with Gasteiger partial charge in [-0.05, 0) is 70.2 Å². The lowest BCUT2D eigenvalue weighted by Gasteiger charge is -2.30. The molecular weight excluding hydrogens is 470 g/mol. The number of nitrogens with zero attached hydrogens (tertiary/aromatic N) is 3. The van der Waals surface area contributed by atoms with Crippen LogP contribution in [0.5, 0.6) is 0 Å². The van der Waals surface area contributed by atoms with Crippen molar-refractivity contribution in [1.29, 1.82) is 0 Å². The Morgan fingerprint density at radius 1 is 1.12 bits per heavy atom. The number of amides is 2. The lowest BCUT2D eigenvalue weighted by molar-refractivity contribution is -0.131.